The van der Waals surface area contributed by atoms with Gasteiger partial charge in [0.2, 0.25) is 0 Å². The summed E-state index contributed by atoms with van der Waals surface area (Å²) in [7, 11) is 0. The number of carbonyl (C=O) groups is 1. The summed E-state index contributed by atoms with van der Waals surface area (Å²) < 4.78 is 5.32. The second-order valence-corrected chi connectivity index (χ2v) is 4.84. The lowest BCUT2D eigenvalue weighted by atomic mass is 10.0. The van der Waals surface area contributed by atoms with Crippen LogP contribution >= 0.6 is 0 Å². The lowest BCUT2D eigenvalue weighted by molar-refractivity contribution is 0.0731. The zero-order valence-electron chi connectivity index (χ0n) is 12.4. The summed E-state index contributed by atoms with van der Waals surface area (Å²) in [5.41, 5.74) is 1.07. The Balaban J connectivity index is 2.34. The van der Waals surface area contributed by atoms with Crippen molar-refractivity contribution in [1.29, 1.82) is 0 Å². The Morgan fingerprint density at radius 1 is 1.23 bits per heavy atom. The number of aromatic hydroxyl groups is 2. The van der Waals surface area contributed by atoms with Gasteiger partial charge in [-0.3, -0.25) is 0 Å². The summed E-state index contributed by atoms with van der Waals surface area (Å²) >= 11 is 0. The van der Waals surface area contributed by atoms with Crippen LogP contribution in [0.2, 0.25) is 0 Å². The first-order valence-corrected chi connectivity index (χ1v) is 7.06. The summed E-state index contributed by atoms with van der Waals surface area (Å²) in [4.78, 5) is 12.3. The van der Waals surface area contributed by atoms with Gasteiger partial charge in [0.15, 0.2) is 0 Å². The van der Waals surface area contributed by atoms with Crippen LogP contribution in [0.1, 0.15) is 34.8 Å². The smallest absolute Gasteiger partial charge is 0.347 e. The van der Waals surface area contributed by atoms with E-state index in [-0.39, 0.29) is 17.1 Å². The highest BCUT2D eigenvalue weighted by atomic mass is 16.5. The molecule has 0 aromatic heterocycles. The van der Waals surface area contributed by atoms with Gasteiger partial charge >= 0.3 is 5.97 Å². The van der Waals surface area contributed by atoms with Crippen LogP contribution in [0.3, 0.4) is 0 Å². The average molecular weight is 298 g/mol. The Bertz CT molecular complexity index is 704. The first-order valence-electron chi connectivity index (χ1n) is 7.06. The molecule has 0 spiro atoms. The lowest BCUT2D eigenvalue weighted by Gasteiger charge is -2.12. The average Bonchev–Trinajstić information content (AvgIpc) is 2.52. The molecule has 4 nitrogen and oxygen atoms in total. The number of carbonyl (C=O) groups excluding carboxylic acids is 1. The molecule has 2 rings (SSSR count). The van der Waals surface area contributed by atoms with Crippen LogP contribution in [0.5, 0.6) is 17.2 Å². The second-order valence-electron chi connectivity index (χ2n) is 4.84. The Labute approximate surface area is 129 Å². The number of ether oxygens (including phenoxy) is 1. The molecular formula is C18H18O4. The van der Waals surface area contributed by atoms with Gasteiger partial charge in [-0.05, 0) is 24.6 Å². The summed E-state index contributed by atoms with van der Waals surface area (Å²) in [5.74, 6) is -0.568. The first-order chi connectivity index (χ1) is 10.6. The van der Waals surface area contributed by atoms with Crippen molar-refractivity contribution in [2.45, 2.75) is 19.8 Å². The molecule has 2 N–H and O–H groups in total. The van der Waals surface area contributed by atoms with Gasteiger partial charge in [-0.1, -0.05) is 44.2 Å². The standard InChI is InChI=1S/C18H18O4/c1-3-7-13-15(19)11-10-14(17(13)20)18(21)22-16-9-6-5-8-12(16)4-2/h4-6,8-11,19-20H,2-3,7H2,1H3. The highest BCUT2D eigenvalue weighted by Crippen LogP contribution is 2.32. The van der Waals surface area contributed by atoms with E-state index < -0.39 is 5.97 Å². The van der Waals surface area contributed by atoms with E-state index in [4.69, 9.17) is 4.74 Å². The zero-order chi connectivity index (χ0) is 16.1. The van der Waals surface area contributed by atoms with Gasteiger partial charge in [0.05, 0.1) is 0 Å². The predicted octanol–water partition coefficient (Wildman–Crippen LogP) is 3.91. The molecule has 4 heteroatoms. The molecular weight excluding hydrogens is 280 g/mol. The maximum atomic E-state index is 12.3. The summed E-state index contributed by atoms with van der Waals surface area (Å²) in [6, 6.07) is 9.72. The van der Waals surface area contributed by atoms with Gasteiger partial charge in [0.1, 0.15) is 22.8 Å². The molecule has 0 heterocycles. The third-order valence-corrected chi connectivity index (χ3v) is 3.32. The number of para-hydroxylation sites is 1. The number of esters is 1. The van der Waals surface area contributed by atoms with Crippen LogP contribution in [0, 0.1) is 0 Å². The van der Waals surface area contributed by atoms with Crippen LogP contribution in [-0.2, 0) is 6.42 Å². The van der Waals surface area contributed by atoms with Crippen molar-refractivity contribution in [1.82, 2.24) is 0 Å². The molecule has 114 valence electrons. The minimum Gasteiger partial charge on any atom is -0.508 e. The van der Waals surface area contributed by atoms with E-state index in [1.807, 2.05) is 13.0 Å². The van der Waals surface area contributed by atoms with Gasteiger partial charge in [-0.2, -0.15) is 0 Å². The highest BCUT2D eigenvalue weighted by Gasteiger charge is 2.19. The van der Waals surface area contributed by atoms with E-state index in [0.29, 0.717) is 23.3 Å². The molecule has 2 aromatic carbocycles. The van der Waals surface area contributed by atoms with Crippen LogP contribution in [0.4, 0.5) is 0 Å². The largest absolute Gasteiger partial charge is 0.508 e. The van der Waals surface area contributed by atoms with Crippen molar-refractivity contribution in [3.05, 3.63) is 59.7 Å². The van der Waals surface area contributed by atoms with Crippen molar-refractivity contribution < 1.29 is 19.7 Å². The highest BCUT2D eigenvalue weighted by molar-refractivity contribution is 5.95. The Morgan fingerprint density at radius 2 is 1.95 bits per heavy atom. The number of hydrogen-bond acceptors (Lipinski definition) is 4. The van der Waals surface area contributed by atoms with Crippen molar-refractivity contribution in [3.8, 4) is 17.2 Å². The molecule has 0 saturated heterocycles. The predicted molar refractivity (Wildman–Crippen MR) is 85.3 cm³/mol. The molecule has 0 fully saturated rings. The molecule has 0 radical (unpaired) electrons. The summed E-state index contributed by atoms with van der Waals surface area (Å²) in [6.07, 6.45) is 2.79. The fraction of sp³-hybridized carbons (Fsp3) is 0.167. The van der Waals surface area contributed by atoms with Crippen LogP contribution in [0.25, 0.3) is 6.08 Å². The molecule has 0 aliphatic carbocycles. The van der Waals surface area contributed by atoms with Crippen molar-refractivity contribution in [2.75, 3.05) is 0 Å². The SMILES string of the molecule is C=Cc1ccccc1OC(=O)c1ccc(O)c(CCC)c1O. The van der Waals surface area contributed by atoms with Crippen LogP contribution in [0.15, 0.2) is 43.0 Å². The molecule has 0 amide bonds. The second kappa shape index (κ2) is 6.80. The van der Waals surface area contributed by atoms with Gasteiger partial charge in [-0.15, -0.1) is 0 Å². The topological polar surface area (TPSA) is 66.8 Å². The molecule has 0 aliphatic rings. The fourth-order valence-electron chi connectivity index (χ4n) is 2.18. The summed E-state index contributed by atoms with van der Waals surface area (Å²) in [5, 5.41) is 20.0. The minimum absolute atomic E-state index is 0.0256. The Kier molecular flexibility index (Phi) is 4.84. The summed E-state index contributed by atoms with van der Waals surface area (Å²) in [6.45, 7) is 5.59. The maximum absolute atomic E-state index is 12.3. The maximum Gasteiger partial charge on any atom is 0.347 e. The van der Waals surface area contributed by atoms with E-state index in [2.05, 4.69) is 6.58 Å². The van der Waals surface area contributed by atoms with Gasteiger partial charge in [0.25, 0.3) is 0 Å². The Morgan fingerprint density at radius 3 is 2.64 bits per heavy atom. The number of hydrogen-bond donors (Lipinski definition) is 2. The van der Waals surface area contributed by atoms with E-state index >= 15 is 0 Å². The van der Waals surface area contributed by atoms with Gasteiger partial charge in [-0.25, -0.2) is 4.79 Å². The van der Waals surface area contributed by atoms with E-state index in [0.717, 1.165) is 6.42 Å². The monoisotopic (exact) mass is 298 g/mol. The number of benzene rings is 2. The molecule has 22 heavy (non-hydrogen) atoms. The van der Waals surface area contributed by atoms with E-state index in [9.17, 15) is 15.0 Å². The Hall–Kier alpha value is -2.75. The molecule has 2 aromatic rings. The van der Waals surface area contributed by atoms with Crippen molar-refractivity contribution in [2.24, 2.45) is 0 Å². The van der Waals surface area contributed by atoms with Crippen molar-refractivity contribution in [3.63, 3.8) is 0 Å². The number of phenolic OH excluding ortho intramolecular Hbond substituents is 2. The zero-order valence-corrected chi connectivity index (χ0v) is 12.4. The molecule has 0 bridgehead atoms. The minimum atomic E-state index is -0.677. The molecule has 0 saturated carbocycles. The normalized spacial score (nSPS) is 10.2. The van der Waals surface area contributed by atoms with Gasteiger partial charge in [0, 0.05) is 11.1 Å². The van der Waals surface area contributed by atoms with E-state index in [1.54, 1.807) is 24.3 Å². The molecule has 0 unspecified atom stereocenters. The lowest BCUT2D eigenvalue weighted by Crippen LogP contribution is -2.10. The fourth-order valence-corrected chi connectivity index (χ4v) is 2.18. The third kappa shape index (κ3) is 3.11. The van der Waals surface area contributed by atoms with Gasteiger partial charge < -0.3 is 14.9 Å². The number of rotatable bonds is 5. The van der Waals surface area contributed by atoms with Crippen molar-refractivity contribution >= 4 is 12.0 Å². The van der Waals surface area contributed by atoms with Crippen LogP contribution < -0.4 is 4.74 Å². The first kappa shape index (κ1) is 15.6. The molecule has 0 atom stereocenters. The van der Waals surface area contributed by atoms with Crippen LogP contribution in [-0.4, -0.2) is 16.2 Å². The number of phenols is 2. The quantitative estimate of drug-likeness (QED) is 0.648. The molecule has 0 aliphatic heterocycles. The van der Waals surface area contributed by atoms with E-state index in [1.165, 1.54) is 12.1 Å². The third-order valence-electron chi connectivity index (χ3n) is 3.32.